The number of hydrogen-bond donors (Lipinski definition) is 2. The first-order valence-electron chi connectivity index (χ1n) is 5.78. The van der Waals surface area contributed by atoms with Gasteiger partial charge in [-0.25, -0.2) is 0 Å². The molecule has 98 valence electrons. The Labute approximate surface area is 120 Å². The van der Waals surface area contributed by atoms with E-state index in [1.165, 1.54) is 0 Å². The largest absolute Gasteiger partial charge is 0.399 e. The molecule has 0 aliphatic heterocycles. The second kappa shape index (κ2) is 5.40. The van der Waals surface area contributed by atoms with Crippen molar-refractivity contribution in [3.05, 3.63) is 51.8 Å². The normalized spacial score (nSPS) is 10.3. The number of nitrogens with two attached hydrogens (primary N) is 1. The van der Waals surface area contributed by atoms with E-state index in [9.17, 15) is 4.79 Å². The molecule has 0 atom stereocenters. The van der Waals surface area contributed by atoms with Crippen molar-refractivity contribution in [3.8, 4) is 0 Å². The summed E-state index contributed by atoms with van der Waals surface area (Å²) < 4.78 is 0.749. The number of nitrogen functional groups attached to an aromatic ring is 1. The van der Waals surface area contributed by atoms with Crippen LogP contribution in [-0.2, 0) is 0 Å². The first-order valence-corrected chi connectivity index (χ1v) is 6.57. The number of carbonyl (C=O) groups is 1. The smallest absolute Gasteiger partial charge is 0.257 e. The van der Waals surface area contributed by atoms with Crippen molar-refractivity contribution in [1.82, 2.24) is 4.98 Å². The van der Waals surface area contributed by atoms with Gasteiger partial charge in [0.1, 0.15) is 0 Å². The lowest BCUT2D eigenvalue weighted by molar-refractivity contribution is 0.102. The van der Waals surface area contributed by atoms with Gasteiger partial charge in [-0.05, 0) is 60.1 Å². The van der Waals surface area contributed by atoms with E-state index in [1.807, 2.05) is 19.9 Å². The van der Waals surface area contributed by atoms with Crippen LogP contribution in [0.25, 0.3) is 0 Å². The fourth-order valence-corrected chi connectivity index (χ4v) is 2.24. The molecule has 1 heterocycles. The van der Waals surface area contributed by atoms with Gasteiger partial charge >= 0.3 is 0 Å². The number of benzene rings is 1. The molecule has 3 N–H and O–H groups in total. The maximum absolute atomic E-state index is 12.2. The summed E-state index contributed by atoms with van der Waals surface area (Å²) in [6, 6.07) is 8.84. The topological polar surface area (TPSA) is 68.0 Å². The molecule has 1 aromatic heterocycles. The first kappa shape index (κ1) is 13.5. The molecule has 0 bridgehead atoms. The Morgan fingerprint density at radius 3 is 2.63 bits per heavy atom. The second-order valence-electron chi connectivity index (χ2n) is 4.28. The van der Waals surface area contributed by atoms with Crippen LogP contribution in [0.15, 0.2) is 34.8 Å². The van der Waals surface area contributed by atoms with E-state index in [2.05, 4.69) is 26.2 Å². The lowest BCUT2D eigenvalue weighted by atomic mass is 10.1. The Morgan fingerprint density at radius 2 is 2.00 bits per heavy atom. The Hall–Kier alpha value is -1.88. The van der Waals surface area contributed by atoms with Crippen LogP contribution in [0, 0.1) is 13.8 Å². The number of aromatic nitrogens is 1. The number of halogens is 1. The minimum atomic E-state index is -0.185. The summed E-state index contributed by atoms with van der Waals surface area (Å²) in [5.74, 6) is -0.185. The molecule has 19 heavy (non-hydrogen) atoms. The summed E-state index contributed by atoms with van der Waals surface area (Å²) in [6.45, 7) is 3.71. The summed E-state index contributed by atoms with van der Waals surface area (Å²) in [7, 11) is 0. The highest BCUT2D eigenvalue weighted by Gasteiger charge is 2.11. The Morgan fingerprint density at radius 1 is 1.26 bits per heavy atom. The number of carbonyl (C=O) groups excluding carboxylic acids is 1. The average molecular weight is 320 g/mol. The van der Waals surface area contributed by atoms with E-state index in [4.69, 9.17) is 5.73 Å². The molecule has 0 saturated carbocycles. The molecular weight excluding hydrogens is 306 g/mol. The lowest BCUT2D eigenvalue weighted by Gasteiger charge is -2.09. The summed E-state index contributed by atoms with van der Waals surface area (Å²) in [5.41, 5.74) is 9.14. The zero-order valence-electron chi connectivity index (χ0n) is 10.7. The zero-order chi connectivity index (χ0) is 14.0. The highest BCUT2D eigenvalue weighted by Crippen LogP contribution is 2.25. The van der Waals surface area contributed by atoms with Gasteiger partial charge in [0.05, 0.1) is 16.9 Å². The van der Waals surface area contributed by atoms with Crippen molar-refractivity contribution in [2.45, 2.75) is 13.8 Å². The number of rotatable bonds is 2. The molecule has 0 aliphatic carbocycles. The molecule has 0 fully saturated rings. The number of aryl methyl sites for hydroxylation is 2. The molecule has 0 unspecified atom stereocenters. The van der Waals surface area contributed by atoms with Gasteiger partial charge < -0.3 is 11.1 Å². The lowest BCUT2D eigenvalue weighted by Crippen LogP contribution is -2.14. The Kier molecular flexibility index (Phi) is 3.85. The Bertz CT molecular complexity index is 641. The van der Waals surface area contributed by atoms with Crippen LogP contribution in [0.1, 0.15) is 21.7 Å². The molecule has 0 radical (unpaired) electrons. The van der Waals surface area contributed by atoms with E-state index in [0.717, 1.165) is 10.2 Å². The van der Waals surface area contributed by atoms with Crippen molar-refractivity contribution in [3.63, 3.8) is 0 Å². The van der Waals surface area contributed by atoms with Gasteiger partial charge in [0.15, 0.2) is 0 Å². The highest BCUT2D eigenvalue weighted by molar-refractivity contribution is 9.10. The van der Waals surface area contributed by atoms with E-state index >= 15 is 0 Å². The van der Waals surface area contributed by atoms with E-state index < -0.39 is 0 Å². The number of hydrogen-bond acceptors (Lipinski definition) is 3. The van der Waals surface area contributed by atoms with Crippen molar-refractivity contribution >= 4 is 33.2 Å². The third-order valence-corrected chi connectivity index (χ3v) is 3.37. The Balaban J connectivity index is 2.25. The molecule has 2 rings (SSSR count). The third-order valence-electron chi connectivity index (χ3n) is 2.71. The second-order valence-corrected chi connectivity index (χ2v) is 5.13. The van der Waals surface area contributed by atoms with Crippen LogP contribution in [0.2, 0.25) is 0 Å². The summed E-state index contributed by atoms with van der Waals surface area (Å²) in [6.07, 6.45) is 0. The summed E-state index contributed by atoms with van der Waals surface area (Å²) in [5, 5.41) is 2.83. The maximum atomic E-state index is 12.2. The van der Waals surface area contributed by atoms with E-state index in [1.54, 1.807) is 24.3 Å². The van der Waals surface area contributed by atoms with Gasteiger partial charge in [-0.3, -0.25) is 9.78 Å². The molecule has 5 heteroatoms. The number of pyridine rings is 1. The molecule has 4 nitrogen and oxygen atoms in total. The molecule has 0 aliphatic rings. The predicted molar refractivity (Wildman–Crippen MR) is 80.2 cm³/mol. The fraction of sp³-hybridized carbons (Fsp3) is 0.143. The quantitative estimate of drug-likeness (QED) is 0.834. The SMILES string of the molecule is Cc1ccc(C(=O)Nc2ccc(N)cc2Br)c(C)n1. The fourth-order valence-electron chi connectivity index (χ4n) is 1.75. The van der Waals surface area contributed by atoms with Gasteiger partial charge in [-0.2, -0.15) is 0 Å². The van der Waals surface area contributed by atoms with Crippen molar-refractivity contribution in [2.24, 2.45) is 0 Å². The summed E-state index contributed by atoms with van der Waals surface area (Å²) >= 11 is 3.37. The monoisotopic (exact) mass is 319 g/mol. The predicted octanol–water partition coefficient (Wildman–Crippen LogP) is 3.30. The summed E-state index contributed by atoms with van der Waals surface area (Å²) in [4.78, 5) is 16.5. The molecular formula is C14H14BrN3O. The van der Waals surface area contributed by atoms with Crippen LogP contribution in [0.4, 0.5) is 11.4 Å². The minimum absolute atomic E-state index is 0.185. The minimum Gasteiger partial charge on any atom is -0.399 e. The van der Waals surface area contributed by atoms with Gasteiger partial charge in [0, 0.05) is 15.9 Å². The maximum Gasteiger partial charge on any atom is 0.257 e. The van der Waals surface area contributed by atoms with E-state index in [0.29, 0.717) is 22.6 Å². The average Bonchev–Trinajstić information content (AvgIpc) is 2.32. The van der Waals surface area contributed by atoms with Crippen molar-refractivity contribution in [1.29, 1.82) is 0 Å². The van der Waals surface area contributed by atoms with Gasteiger partial charge in [-0.15, -0.1) is 0 Å². The van der Waals surface area contributed by atoms with Crippen molar-refractivity contribution in [2.75, 3.05) is 11.1 Å². The molecule has 2 aromatic rings. The van der Waals surface area contributed by atoms with Crippen LogP contribution in [0.5, 0.6) is 0 Å². The van der Waals surface area contributed by atoms with Crippen molar-refractivity contribution < 1.29 is 4.79 Å². The van der Waals surface area contributed by atoms with Gasteiger partial charge in [0.25, 0.3) is 5.91 Å². The van der Waals surface area contributed by atoms with Gasteiger partial charge in [-0.1, -0.05) is 0 Å². The van der Waals surface area contributed by atoms with Crippen LogP contribution in [0.3, 0.4) is 0 Å². The third kappa shape index (κ3) is 3.12. The molecule has 0 saturated heterocycles. The van der Waals surface area contributed by atoms with Crippen LogP contribution >= 0.6 is 15.9 Å². The molecule has 0 spiro atoms. The van der Waals surface area contributed by atoms with Crippen LogP contribution < -0.4 is 11.1 Å². The van der Waals surface area contributed by atoms with Gasteiger partial charge in [0.2, 0.25) is 0 Å². The number of nitrogens with one attached hydrogen (secondary N) is 1. The number of amides is 1. The zero-order valence-corrected chi connectivity index (χ0v) is 12.3. The molecule has 1 amide bonds. The first-order chi connectivity index (χ1) is 8.97. The standard InChI is InChI=1S/C14H14BrN3O/c1-8-3-5-11(9(2)17-8)14(19)18-13-6-4-10(16)7-12(13)15/h3-7H,16H2,1-2H3,(H,18,19). The number of anilines is 2. The molecule has 1 aromatic carbocycles. The number of nitrogens with zero attached hydrogens (tertiary/aromatic N) is 1. The highest BCUT2D eigenvalue weighted by atomic mass is 79.9. The van der Waals surface area contributed by atoms with Crippen LogP contribution in [-0.4, -0.2) is 10.9 Å². The van der Waals surface area contributed by atoms with E-state index in [-0.39, 0.29) is 5.91 Å².